The third-order valence-corrected chi connectivity index (χ3v) is 6.78. The van der Waals surface area contributed by atoms with Crippen molar-refractivity contribution in [1.29, 1.82) is 0 Å². The Morgan fingerprint density at radius 1 is 0.737 bits per heavy atom. The fourth-order valence-electron chi connectivity index (χ4n) is 4.33. The number of benzene rings is 3. The number of amides is 1. The minimum atomic E-state index is -1.06. The van der Waals surface area contributed by atoms with Crippen LogP contribution in [0.3, 0.4) is 0 Å². The Morgan fingerprint density at radius 3 is 1.84 bits per heavy atom. The Balaban J connectivity index is 1.73. The lowest BCUT2D eigenvalue weighted by atomic mass is 9.87. The summed E-state index contributed by atoms with van der Waals surface area (Å²) in [7, 11) is 0. The van der Waals surface area contributed by atoms with Crippen LogP contribution in [-0.4, -0.2) is 34.6 Å². The highest BCUT2D eigenvalue weighted by Crippen LogP contribution is 2.23. The van der Waals surface area contributed by atoms with E-state index in [0.717, 1.165) is 16.7 Å². The van der Waals surface area contributed by atoms with Crippen LogP contribution >= 0.6 is 0 Å². The maximum atomic E-state index is 13.4. The van der Waals surface area contributed by atoms with Crippen LogP contribution in [0.25, 0.3) is 11.1 Å². The molecule has 0 aliphatic carbocycles. The lowest BCUT2D eigenvalue weighted by Crippen LogP contribution is -2.47. The average Bonchev–Trinajstić information content (AvgIpc) is 2.92. The zero-order valence-corrected chi connectivity index (χ0v) is 22.1. The first-order chi connectivity index (χ1) is 18.2. The molecule has 0 aliphatic rings. The van der Waals surface area contributed by atoms with Crippen molar-refractivity contribution < 1.29 is 24.3 Å². The van der Waals surface area contributed by atoms with Crippen molar-refractivity contribution in [2.24, 2.45) is 17.8 Å². The highest BCUT2D eigenvalue weighted by atomic mass is 16.4. The van der Waals surface area contributed by atoms with Gasteiger partial charge in [-0.1, -0.05) is 106 Å². The monoisotopic (exact) mass is 513 g/mol. The molecule has 3 rings (SSSR count). The van der Waals surface area contributed by atoms with Gasteiger partial charge in [0, 0.05) is 24.3 Å². The van der Waals surface area contributed by atoms with E-state index in [4.69, 9.17) is 0 Å². The van der Waals surface area contributed by atoms with Crippen molar-refractivity contribution in [3.05, 3.63) is 96.1 Å². The molecule has 0 aromatic heterocycles. The van der Waals surface area contributed by atoms with E-state index in [9.17, 15) is 24.3 Å². The smallest absolute Gasteiger partial charge is 0.306 e. The molecular weight excluding hydrogens is 478 g/mol. The van der Waals surface area contributed by atoms with Gasteiger partial charge in [0.1, 0.15) is 0 Å². The summed E-state index contributed by atoms with van der Waals surface area (Å²) in [6, 6.07) is 25.6. The van der Waals surface area contributed by atoms with Gasteiger partial charge in [-0.05, 0) is 29.0 Å². The Bertz CT molecular complexity index is 1240. The topological polar surface area (TPSA) is 101 Å². The van der Waals surface area contributed by atoms with Gasteiger partial charge in [0.05, 0.1) is 12.0 Å². The number of rotatable bonds is 13. The second kappa shape index (κ2) is 13.5. The molecule has 3 atom stereocenters. The van der Waals surface area contributed by atoms with Crippen molar-refractivity contribution in [3.8, 4) is 11.1 Å². The molecule has 1 amide bonds. The molecule has 6 nitrogen and oxygen atoms in total. The number of carbonyl (C=O) groups excluding carboxylic acids is 3. The van der Waals surface area contributed by atoms with Gasteiger partial charge in [0.15, 0.2) is 11.6 Å². The predicted molar refractivity (Wildman–Crippen MR) is 148 cm³/mol. The highest BCUT2D eigenvalue weighted by Gasteiger charge is 2.31. The van der Waals surface area contributed by atoms with E-state index in [-0.39, 0.29) is 42.7 Å². The molecule has 0 saturated heterocycles. The van der Waals surface area contributed by atoms with Crippen LogP contribution in [0.2, 0.25) is 0 Å². The Hall–Kier alpha value is -4.06. The number of ketones is 2. The molecule has 0 aliphatic heterocycles. The third-order valence-electron chi connectivity index (χ3n) is 6.78. The molecule has 198 valence electrons. The zero-order chi connectivity index (χ0) is 27.7. The first-order valence-corrected chi connectivity index (χ1v) is 12.9. The van der Waals surface area contributed by atoms with Crippen LogP contribution in [0.4, 0.5) is 0 Å². The first-order valence-electron chi connectivity index (χ1n) is 12.9. The number of carboxylic acid groups (broad SMARTS) is 1. The van der Waals surface area contributed by atoms with Gasteiger partial charge < -0.3 is 10.4 Å². The number of hydrogen-bond acceptors (Lipinski definition) is 4. The van der Waals surface area contributed by atoms with Crippen LogP contribution in [0.1, 0.15) is 49.5 Å². The Labute approximate surface area is 224 Å². The molecule has 0 spiro atoms. The van der Waals surface area contributed by atoms with Crippen LogP contribution in [-0.2, 0) is 20.8 Å². The van der Waals surface area contributed by atoms with Crippen LogP contribution in [0, 0.1) is 17.8 Å². The zero-order valence-electron chi connectivity index (χ0n) is 22.1. The second-order valence-electron chi connectivity index (χ2n) is 10.1. The number of aliphatic carboxylic acids is 1. The predicted octanol–water partition coefficient (Wildman–Crippen LogP) is 5.61. The Kier molecular flexibility index (Phi) is 10.1. The molecule has 3 aromatic carbocycles. The summed E-state index contributed by atoms with van der Waals surface area (Å²) in [4.78, 5) is 50.9. The van der Waals surface area contributed by atoms with E-state index in [0.29, 0.717) is 5.56 Å². The lowest BCUT2D eigenvalue weighted by Gasteiger charge is -2.24. The van der Waals surface area contributed by atoms with E-state index in [1.54, 1.807) is 12.1 Å². The van der Waals surface area contributed by atoms with Crippen LogP contribution < -0.4 is 5.32 Å². The molecule has 38 heavy (non-hydrogen) atoms. The minimum Gasteiger partial charge on any atom is -0.481 e. The van der Waals surface area contributed by atoms with Gasteiger partial charge in [-0.2, -0.15) is 0 Å². The molecular formula is C32H35NO5. The minimum absolute atomic E-state index is 0.00591. The average molecular weight is 514 g/mol. The van der Waals surface area contributed by atoms with Crippen LogP contribution in [0.5, 0.6) is 0 Å². The van der Waals surface area contributed by atoms with Crippen molar-refractivity contribution in [3.63, 3.8) is 0 Å². The molecule has 2 N–H and O–H groups in total. The van der Waals surface area contributed by atoms with E-state index >= 15 is 0 Å². The van der Waals surface area contributed by atoms with Crippen molar-refractivity contribution in [1.82, 2.24) is 5.32 Å². The van der Waals surface area contributed by atoms with Crippen molar-refractivity contribution in [2.45, 2.75) is 46.1 Å². The number of nitrogens with one attached hydrogen (secondary N) is 1. The number of hydrogen-bond donors (Lipinski definition) is 2. The first kappa shape index (κ1) is 28.5. The lowest BCUT2D eigenvalue weighted by molar-refractivity contribution is -0.143. The summed E-state index contributed by atoms with van der Waals surface area (Å²) in [5.41, 5.74) is 3.43. The molecule has 3 aromatic rings. The summed E-state index contributed by atoms with van der Waals surface area (Å²) < 4.78 is 0. The standard InChI is InChI=1S/C32H35NO5/c1-21(2)27(20-29(34)26-16-14-25(15-17-26)24-12-8-5-9-13-24)31(36)33-28(19-23-10-6-4-7-11-23)30(35)18-22(3)32(37)38/h4-17,21-22,27-28H,18-20H2,1-3H3,(H,33,36)(H,37,38)/t22-,27+,28+/m1/s1. The third kappa shape index (κ3) is 7.97. The van der Waals surface area contributed by atoms with Gasteiger partial charge in [-0.15, -0.1) is 0 Å². The normalized spacial score (nSPS) is 13.4. The van der Waals surface area contributed by atoms with Gasteiger partial charge in [-0.3, -0.25) is 19.2 Å². The number of Topliss-reactive ketones (excluding diaryl/α,β-unsaturated/α-hetero) is 2. The molecule has 0 fully saturated rings. The highest BCUT2D eigenvalue weighted by molar-refractivity contribution is 5.99. The summed E-state index contributed by atoms with van der Waals surface area (Å²) in [6.45, 7) is 5.22. The molecule has 0 radical (unpaired) electrons. The van der Waals surface area contributed by atoms with Crippen molar-refractivity contribution >= 4 is 23.4 Å². The maximum absolute atomic E-state index is 13.4. The molecule has 0 unspecified atom stereocenters. The summed E-state index contributed by atoms with van der Waals surface area (Å²) in [5.74, 6) is -3.59. The SMILES string of the molecule is CC(C)[C@H](CC(=O)c1ccc(-c2ccccc2)cc1)C(=O)N[C@@H](Cc1ccccc1)C(=O)C[C@@H](C)C(=O)O. The van der Waals surface area contributed by atoms with Gasteiger partial charge in [-0.25, -0.2) is 0 Å². The Morgan fingerprint density at radius 2 is 1.29 bits per heavy atom. The summed E-state index contributed by atoms with van der Waals surface area (Å²) in [5, 5.41) is 12.1. The molecule has 0 heterocycles. The van der Waals surface area contributed by atoms with E-state index in [1.807, 2.05) is 86.6 Å². The van der Waals surface area contributed by atoms with E-state index in [2.05, 4.69) is 5.32 Å². The number of carbonyl (C=O) groups is 4. The largest absolute Gasteiger partial charge is 0.481 e. The van der Waals surface area contributed by atoms with Gasteiger partial charge in [0.2, 0.25) is 5.91 Å². The fourth-order valence-corrected chi connectivity index (χ4v) is 4.33. The van der Waals surface area contributed by atoms with E-state index in [1.165, 1.54) is 6.92 Å². The summed E-state index contributed by atoms with van der Waals surface area (Å²) in [6.07, 6.45) is 0.0651. The van der Waals surface area contributed by atoms with Gasteiger partial charge in [0.25, 0.3) is 0 Å². The van der Waals surface area contributed by atoms with E-state index < -0.39 is 23.8 Å². The maximum Gasteiger partial charge on any atom is 0.306 e. The second-order valence-corrected chi connectivity index (χ2v) is 10.1. The summed E-state index contributed by atoms with van der Waals surface area (Å²) >= 11 is 0. The quantitative estimate of drug-likeness (QED) is 0.290. The molecule has 0 bridgehead atoms. The fraction of sp³-hybridized carbons (Fsp3) is 0.312. The van der Waals surface area contributed by atoms with Crippen LogP contribution in [0.15, 0.2) is 84.9 Å². The molecule has 6 heteroatoms. The molecule has 0 saturated carbocycles. The number of carboxylic acids is 1. The van der Waals surface area contributed by atoms with Gasteiger partial charge >= 0.3 is 5.97 Å². The van der Waals surface area contributed by atoms with Crippen molar-refractivity contribution in [2.75, 3.05) is 0 Å².